The molecule has 0 saturated carbocycles. The second kappa shape index (κ2) is 5.43. The van der Waals surface area contributed by atoms with Gasteiger partial charge in [-0.25, -0.2) is 9.78 Å². The molecule has 3 N–H and O–H groups in total. The van der Waals surface area contributed by atoms with Crippen molar-refractivity contribution >= 4 is 11.7 Å². The summed E-state index contributed by atoms with van der Waals surface area (Å²) in [6.45, 7) is 1.83. The van der Waals surface area contributed by atoms with Gasteiger partial charge in [-0.05, 0) is 18.6 Å². The van der Waals surface area contributed by atoms with Crippen LogP contribution in [0.2, 0.25) is 0 Å². The number of H-pyrrole nitrogens is 1. The van der Waals surface area contributed by atoms with E-state index in [2.05, 4.69) is 15.0 Å². The minimum absolute atomic E-state index is 0.352. The van der Waals surface area contributed by atoms with Gasteiger partial charge in [0, 0.05) is 18.0 Å². The van der Waals surface area contributed by atoms with Gasteiger partial charge in [0.15, 0.2) is 0 Å². The summed E-state index contributed by atoms with van der Waals surface area (Å²) in [5.74, 6) is -1.25. The number of hydrogen-bond acceptors (Lipinski definition) is 4. The van der Waals surface area contributed by atoms with E-state index in [4.69, 9.17) is 10.5 Å². The van der Waals surface area contributed by atoms with Crippen molar-refractivity contribution in [3.05, 3.63) is 36.5 Å². The Morgan fingerprint density at radius 3 is 2.89 bits per heavy atom. The molecule has 0 aliphatic carbocycles. The lowest BCUT2D eigenvalue weighted by Crippen LogP contribution is -2.21. The fourth-order valence-corrected chi connectivity index (χ4v) is 1.87. The lowest BCUT2D eigenvalue weighted by Gasteiger charge is -2.09. The Bertz CT molecular complexity index is 592. The highest BCUT2D eigenvalue weighted by atomic mass is 16.4. The van der Waals surface area contributed by atoms with Crippen LogP contribution in [0.15, 0.2) is 30.7 Å². The topological polar surface area (TPSA) is 103 Å². The lowest BCUT2D eigenvalue weighted by molar-refractivity contribution is -0.129. The van der Waals surface area contributed by atoms with Crippen LogP contribution in [0.1, 0.15) is 25.1 Å². The molecule has 6 nitrogen and oxygen atoms in total. The molecule has 1 unspecified atom stereocenters. The number of nitrogens with one attached hydrogen (secondary N) is 2. The first-order valence-corrected chi connectivity index (χ1v) is 5.90. The highest BCUT2D eigenvalue weighted by Gasteiger charge is 2.23. The molecule has 0 saturated heterocycles. The molecule has 0 radical (unpaired) electrons. The van der Waals surface area contributed by atoms with Gasteiger partial charge in [0.25, 0.3) is 0 Å². The second-order valence-corrected chi connectivity index (χ2v) is 4.10. The van der Waals surface area contributed by atoms with E-state index in [1.54, 1.807) is 18.6 Å². The molecule has 0 aliphatic rings. The maximum Gasteiger partial charge on any atom is 0.350 e. The number of aromatic nitrogens is 3. The minimum Gasteiger partial charge on any atom is -0.477 e. The maximum absolute atomic E-state index is 10.9. The van der Waals surface area contributed by atoms with Crippen LogP contribution in [0.4, 0.5) is 0 Å². The number of hydrogen-bond donors (Lipinski definition) is 3. The summed E-state index contributed by atoms with van der Waals surface area (Å²) in [6.07, 6.45) is 5.51. The molecule has 0 spiro atoms. The minimum atomic E-state index is -1.22. The highest BCUT2D eigenvalue weighted by molar-refractivity contribution is 6.36. The van der Waals surface area contributed by atoms with Crippen LogP contribution in [0, 0.1) is 5.41 Å². The predicted molar refractivity (Wildman–Crippen MR) is 70.2 cm³/mol. The lowest BCUT2D eigenvalue weighted by atomic mass is 10.00. The van der Waals surface area contributed by atoms with Crippen molar-refractivity contribution in [1.29, 1.82) is 5.41 Å². The third-order valence-corrected chi connectivity index (χ3v) is 2.89. The Kier molecular flexibility index (Phi) is 3.70. The van der Waals surface area contributed by atoms with Gasteiger partial charge in [0.2, 0.25) is 0 Å². The third kappa shape index (κ3) is 2.67. The van der Waals surface area contributed by atoms with Crippen LogP contribution in [0.3, 0.4) is 0 Å². The first-order valence-electron chi connectivity index (χ1n) is 5.90. The van der Waals surface area contributed by atoms with Crippen LogP contribution in [0.25, 0.3) is 11.3 Å². The number of carboxylic acid groups (broad SMARTS) is 1. The largest absolute Gasteiger partial charge is 0.477 e. The van der Waals surface area contributed by atoms with Crippen molar-refractivity contribution in [3.63, 3.8) is 0 Å². The molecule has 98 valence electrons. The fourth-order valence-electron chi connectivity index (χ4n) is 1.87. The van der Waals surface area contributed by atoms with Crippen LogP contribution < -0.4 is 0 Å². The molecule has 2 rings (SSSR count). The average Bonchev–Trinajstić information content (AvgIpc) is 2.90. The van der Waals surface area contributed by atoms with E-state index in [0.29, 0.717) is 12.2 Å². The van der Waals surface area contributed by atoms with Crippen LogP contribution in [-0.4, -0.2) is 31.7 Å². The average molecular weight is 258 g/mol. The van der Waals surface area contributed by atoms with Crippen LogP contribution >= 0.6 is 0 Å². The Balaban J connectivity index is 2.30. The number of pyridine rings is 1. The standard InChI is InChI=1S/C13H14N4O2/c1-2-9(11(14)13(18)19)12-16-7-10(17-12)8-4-3-5-15-6-8/h3-7,9,14H,2H2,1H3,(H,16,17)(H,18,19). The normalized spacial score (nSPS) is 12.1. The maximum atomic E-state index is 10.9. The number of nitrogens with zero attached hydrogens (tertiary/aromatic N) is 2. The molecule has 2 heterocycles. The van der Waals surface area contributed by atoms with Crippen molar-refractivity contribution in [2.75, 3.05) is 0 Å². The van der Waals surface area contributed by atoms with E-state index in [1.165, 1.54) is 0 Å². The van der Waals surface area contributed by atoms with Gasteiger partial charge in [0.1, 0.15) is 11.5 Å². The van der Waals surface area contributed by atoms with Gasteiger partial charge in [-0.3, -0.25) is 10.4 Å². The molecular weight excluding hydrogens is 244 g/mol. The Hall–Kier alpha value is -2.50. The summed E-state index contributed by atoms with van der Waals surface area (Å²) in [5, 5.41) is 16.5. The number of imidazole rings is 1. The molecule has 0 amide bonds. The number of rotatable bonds is 5. The van der Waals surface area contributed by atoms with Crippen molar-refractivity contribution in [2.45, 2.75) is 19.3 Å². The van der Waals surface area contributed by atoms with E-state index in [0.717, 1.165) is 11.3 Å². The number of aromatic amines is 1. The van der Waals surface area contributed by atoms with Gasteiger partial charge >= 0.3 is 5.97 Å². The van der Waals surface area contributed by atoms with E-state index in [-0.39, 0.29) is 5.71 Å². The zero-order valence-electron chi connectivity index (χ0n) is 10.4. The molecule has 0 aromatic carbocycles. The van der Waals surface area contributed by atoms with Crippen LogP contribution in [0.5, 0.6) is 0 Å². The van der Waals surface area contributed by atoms with Crippen LogP contribution in [-0.2, 0) is 4.79 Å². The summed E-state index contributed by atoms with van der Waals surface area (Å²) in [7, 11) is 0. The molecule has 0 aliphatic heterocycles. The summed E-state index contributed by atoms with van der Waals surface area (Å²) < 4.78 is 0. The summed E-state index contributed by atoms with van der Waals surface area (Å²) in [6, 6.07) is 3.69. The second-order valence-electron chi connectivity index (χ2n) is 4.10. The molecule has 19 heavy (non-hydrogen) atoms. The fraction of sp³-hybridized carbons (Fsp3) is 0.231. The quantitative estimate of drug-likeness (QED) is 0.714. The number of carbonyl (C=O) groups is 1. The third-order valence-electron chi connectivity index (χ3n) is 2.89. The molecule has 6 heteroatoms. The monoisotopic (exact) mass is 258 g/mol. The molecule has 1 atom stereocenters. The van der Waals surface area contributed by atoms with Crippen molar-refractivity contribution < 1.29 is 9.90 Å². The van der Waals surface area contributed by atoms with Gasteiger partial charge in [-0.15, -0.1) is 0 Å². The molecular formula is C13H14N4O2. The summed E-state index contributed by atoms with van der Waals surface area (Å²) in [4.78, 5) is 22.1. The molecule has 2 aromatic heterocycles. The number of aliphatic carboxylic acids is 1. The van der Waals surface area contributed by atoms with Gasteiger partial charge in [-0.2, -0.15) is 0 Å². The van der Waals surface area contributed by atoms with Gasteiger partial charge < -0.3 is 10.1 Å². The summed E-state index contributed by atoms with van der Waals surface area (Å²) >= 11 is 0. The molecule has 0 fully saturated rings. The molecule has 0 bridgehead atoms. The first-order chi connectivity index (χ1) is 9.13. The predicted octanol–water partition coefficient (Wildman–Crippen LogP) is 2.07. The van der Waals surface area contributed by atoms with E-state index in [9.17, 15) is 4.79 Å². The van der Waals surface area contributed by atoms with Crippen molar-refractivity contribution in [1.82, 2.24) is 15.0 Å². The molecule has 2 aromatic rings. The Labute approximate surface area is 110 Å². The SMILES string of the molecule is CCC(C(=N)C(=O)O)c1ncc(-c2cccnc2)[nH]1. The van der Waals surface area contributed by atoms with Crippen molar-refractivity contribution in [3.8, 4) is 11.3 Å². The Morgan fingerprint density at radius 2 is 2.32 bits per heavy atom. The van der Waals surface area contributed by atoms with Crippen molar-refractivity contribution in [2.24, 2.45) is 0 Å². The zero-order valence-corrected chi connectivity index (χ0v) is 10.4. The highest BCUT2D eigenvalue weighted by Crippen LogP contribution is 2.22. The number of carboxylic acids is 1. The van der Waals surface area contributed by atoms with E-state index >= 15 is 0 Å². The van der Waals surface area contributed by atoms with E-state index in [1.807, 2.05) is 19.1 Å². The smallest absolute Gasteiger partial charge is 0.350 e. The van der Waals surface area contributed by atoms with Gasteiger partial charge in [-0.1, -0.05) is 6.92 Å². The zero-order chi connectivity index (χ0) is 13.8. The van der Waals surface area contributed by atoms with Gasteiger partial charge in [0.05, 0.1) is 17.8 Å². The summed E-state index contributed by atoms with van der Waals surface area (Å²) in [5.41, 5.74) is 1.28. The first kappa shape index (κ1) is 12.9. The Morgan fingerprint density at radius 1 is 1.53 bits per heavy atom. The van der Waals surface area contributed by atoms with E-state index < -0.39 is 11.9 Å².